The van der Waals surface area contributed by atoms with Crippen molar-refractivity contribution in [3.8, 4) is 11.8 Å². The van der Waals surface area contributed by atoms with Crippen molar-refractivity contribution in [1.29, 1.82) is 0 Å². The van der Waals surface area contributed by atoms with Crippen molar-refractivity contribution in [3.05, 3.63) is 30.6 Å². The molecule has 0 radical (unpaired) electrons. The number of nitrogens with zero attached hydrogens (tertiary/aromatic N) is 3. The van der Waals surface area contributed by atoms with Gasteiger partial charge in [-0.3, -0.25) is 0 Å². The van der Waals surface area contributed by atoms with Crippen LogP contribution < -0.4 is 20.9 Å². The summed E-state index contributed by atoms with van der Waals surface area (Å²) in [6.07, 6.45) is 3.31. The minimum Gasteiger partial charge on any atom is -0.480 e. The Morgan fingerprint density at radius 3 is 2.33 bits per heavy atom. The number of fused-ring (bicyclic) bond motifs is 1. The molecule has 0 saturated carbocycles. The van der Waals surface area contributed by atoms with Crippen LogP contribution in [0.4, 0.5) is 10.8 Å². The van der Waals surface area contributed by atoms with Crippen LogP contribution in [0.25, 0.3) is 10.2 Å². The van der Waals surface area contributed by atoms with Crippen molar-refractivity contribution in [1.82, 2.24) is 15.0 Å². The van der Waals surface area contributed by atoms with E-state index in [2.05, 4.69) is 15.0 Å². The van der Waals surface area contributed by atoms with Crippen molar-refractivity contribution in [3.63, 3.8) is 0 Å². The summed E-state index contributed by atoms with van der Waals surface area (Å²) in [7, 11) is 3.11. The van der Waals surface area contributed by atoms with E-state index in [9.17, 15) is 0 Å². The Labute approximate surface area is 125 Å². The number of hydrogen-bond donors (Lipinski definition) is 2. The Bertz CT molecular complexity index is 731. The maximum atomic E-state index is 5.54. The molecule has 3 rings (SSSR count). The van der Waals surface area contributed by atoms with Gasteiger partial charge in [0, 0.05) is 12.4 Å². The predicted molar refractivity (Wildman–Crippen MR) is 83.6 cm³/mol. The van der Waals surface area contributed by atoms with Crippen LogP contribution in [0.1, 0.15) is 0 Å². The summed E-state index contributed by atoms with van der Waals surface area (Å²) in [5, 5.41) is 0.538. The third-order valence-corrected chi connectivity index (χ3v) is 3.33. The van der Waals surface area contributed by atoms with E-state index in [-0.39, 0.29) is 0 Å². The number of hydrogen-bond acceptors (Lipinski definition) is 8. The molecule has 0 aromatic carbocycles. The zero-order valence-electron chi connectivity index (χ0n) is 11.6. The number of nitrogens with two attached hydrogens (primary N) is 2. The number of aromatic nitrogens is 3. The van der Waals surface area contributed by atoms with Gasteiger partial charge in [0.25, 0.3) is 0 Å². The van der Waals surface area contributed by atoms with Crippen LogP contribution in [0.3, 0.4) is 0 Å². The first kappa shape index (κ1) is 14.8. The zero-order chi connectivity index (χ0) is 15.2. The zero-order valence-corrected chi connectivity index (χ0v) is 12.4. The van der Waals surface area contributed by atoms with Crippen LogP contribution in [-0.4, -0.2) is 29.2 Å². The van der Waals surface area contributed by atoms with E-state index >= 15 is 0 Å². The molecule has 0 aliphatic rings. The van der Waals surface area contributed by atoms with Gasteiger partial charge in [-0.05, 0) is 18.2 Å². The molecular weight excluding hydrogens is 290 g/mol. The molecule has 0 atom stereocenters. The lowest BCUT2D eigenvalue weighted by atomic mass is 10.4. The van der Waals surface area contributed by atoms with Crippen molar-refractivity contribution in [2.45, 2.75) is 0 Å². The summed E-state index contributed by atoms with van der Waals surface area (Å²) in [5.41, 5.74) is 12.3. The highest BCUT2D eigenvalue weighted by atomic mass is 32.1. The minimum atomic E-state index is 0.484. The second-order valence-electron chi connectivity index (χ2n) is 3.82. The molecule has 21 heavy (non-hydrogen) atoms. The average molecular weight is 305 g/mol. The molecule has 7 nitrogen and oxygen atoms in total. The highest BCUT2D eigenvalue weighted by molar-refractivity contribution is 7.22. The number of ether oxygens (including phenoxy) is 2. The lowest BCUT2D eigenvalue weighted by Crippen LogP contribution is -1.93. The highest BCUT2D eigenvalue weighted by Crippen LogP contribution is 2.28. The summed E-state index contributed by atoms with van der Waals surface area (Å²) in [6.45, 7) is 0. The first-order chi connectivity index (χ1) is 10.2. The van der Waals surface area contributed by atoms with E-state index in [1.165, 1.54) is 11.3 Å². The monoisotopic (exact) mass is 305 g/mol. The summed E-state index contributed by atoms with van der Waals surface area (Å²) < 4.78 is 10.8. The average Bonchev–Trinajstić information content (AvgIpc) is 2.88. The van der Waals surface area contributed by atoms with Crippen LogP contribution >= 0.6 is 11.3 Å². The van der Waals surface area contributed by atoms with Crippen LogP contribution in [-0.2, 0) is 0 Å². The second-order valence-corrected chi connectivity index (χ2v) is 4.88. The molecule has 0 spiro atoms. The second kappa shape index (κ2) is 6.71. The third kappa shape index (κ3) is 3.48. The summed E-state index contributed by atoms with van der Waals surface area (Å²) in [4.78, 5) is 11.9. The van der Waals surface area contributed by atoms with Gasteiger partial charge in [0.1, 0.15) is 5.52 Å². The Kier molecular flexibility index (Phi) is 4.72. The summed E-state index contributed by atoms with van der Waals surface area (Å²) in [6, 6.07) is 5.37. The fraction of sp³-hybridized carbons (Fsp3) is 0.154. The van der Waals surface area contributed by atoms with E-state index in [0.29, 0.717) is 22.6 Å². The number of nitrogen functional groups attached to an aromatic ring is 2. The van der Waals surface area contributed by atoms with Gasteiger partial charge in [-0.2, -0.15) is 0 Å². The van der Waals surface area contributed by atoms with Crippen molar-refractivity contribution in [2.75, 3.05) is 25.7 Å². The van der Waals surface area contributed by atoms with Gasteiger partial charge in [0.2, 0.25) is 11.8 Å². The fourth-order valence-electron chi connectivity index (χ4n) is 1.57. The third-order valence-electron chi connectivity index (χ3n) is 2.48. The van der Waals surface area contributed by atoms with Crippen molar-refractivity contribution >= 4 is 32.4 Å². The summed E-state index contributed by atoms with van der Waals surface area (Å²) in [5.74, 6) is 1.01. The first-order valence-corrected chi connectivity index (χ1v) is 6.77. The van der Waals surface area contributed by atoms with Gasteiger partial charge in [-0.1, -0.05) is 11.3 Å². The molecule has 3 aromatic rings. The minimum absolute atomic E-state index is 0.484. The van der Waals surface area contributed by atoms with Crippen LogP contribution in [0, 0.1) is 0 Å². The summed E-state index contributed by atoms with van der Waals surface area (Å²) >= 11 is 1.43. The quantitative estimate of drug-likeness (QED) is 0.744. The van der Waals surface area contributed by atoms with Crippen molar-refractivity contribution in [2.24, 2.45) is 0 Å². The van der Waals surface area contributed by atoms with E-state index in [4.69, 9.17) is 20.9 Å². The topological polar surface area (TPSA) is 109 Å². The number of rotatable bonds is 2. The Hall–Kier alpha value is -2.61. The fourth-order valence-corrected chi connectivity index (χ4v) is 2.29. The van der Waals surface area contributed by atoms with E-state index in [1.807, 2.05) is 6.07 Å². The SMILES string of the molecule is COc1nccc2sc(N)nc12.COc1ncccc1N. The van der Waals surface area contributed by atoms with Crippen LogP contribution in [0.2, 0.25) is 0 Å². The van der Waals surface area contributed by atoms with Gasteiger partial charge < -0.3 is 20.9 Å². The molecule has 0 fully saturated rings. The molecule has 3 heterocycles. The van der Waals surface area contributed by atoms with Crippen LogP contribution in [0.5, 0.6) is 11.8 Å². The number of thiazole rings is 1. The smallest absolute Gasteiger partial charge is 0.241 e. The molecular formula is C13H15N5O2S. The van der Waals surface area contributed by atoms with Crippen molar-refractivity contribution < 1.29 is 9.47 Å². The Morgan fingerprint density at radius 1 is 1.00 bits per heavy atom. The normalized spacial score (nSPS) is 9.81. The van der Waals surface area contributed by atoms with Gasteiger partial charge in [-0.15, -0.1) is 0 Å². The maximum absolute atomic E-state index is 5.54. The number of anilines is 2. The molecule has 0 unspecified atom stereocenters. The Morgan fingerprint density at radius 2 is 1.71 bits per heavy atom. The first-order valence-electron chi connectivity index (χ1n) is 5.95. The maximum Gasteiger partial charge on any atom is 0.241 e. The molecule has 0 saturated heterocycles. The van der Waals surface area contributed by atoms with Gasteiger partial charge in [0.15, 0.2) is 5.13 Å². The van der Waals surface area contributed by atoms with Crippen LogP contribution in [0.15, 0.2) is 30.6 Å². The molecule has 0 amide bonds. The molecule has 0 bridgehead atoms. The molecule has 8 heteroatoms. The van der Waals surface area contributed by atoms with E-state index in [1.54, 1.807) is 38.7 Å². The standard InChI is InChI=1S/C7H7N3OS.C6H8N2O/c1-11-6-5-4(2-3-9-6)12-7(8)10-5;1-9-6-5(7)3-2-4-8-6/h2-3H,1H3,(H2,8,10);2-4H,7H2,1H3. The largest absolute Gasteiger partial charge is 0.480 e. The lowest BCUT2D eigenvalue weighted by Gasteiger charge is -1.98. The highest BCUT2D eigenvalue weighted by Gasteiger charge is 2.06. The van der Waals surface area contributed by atoms with E-state index < -0.39 is 0 Å². The van der Waals surface area contributed by atoms with Gasteiger partial charge in [-0.25, -0.2) is 15.0 Å². The number of methoxy groups -OCH3 is 2. The lowest BCUT2D eigenvalue weighted by molar-refractivity contribution is 0.400. The van der Waals surface area contributed by atoms with Gasteiger partial charge >= 0.3 is 0 Å². The molecule has 0 aliphatic carbocycles. The number of pyridine rings is 2. The molecule has 4 N–H and O–H groups in total. The Balaban J connectivity index is 0.000000161. The van der Waals surface area contributed by atoms with E-state index in [0.717, 1.165) is 10.2 Å². The molecule has 0 aliphatic heterocycles. The molecule has 3 aromatic heterocycles. The predicted octanol–water partition coefficient (Wildman–Crippen LogP) is 1.95. The van der Waals surface area contributed by atoms with Gasteiger partial charge in [0.05, 0.1) is 24.6 Å². The molecule has 110 valence electrons.